The van der Waals surface area contributed by atoms with Gasteiger partial charge in [0, 0.05) is 6.04 Å². The fourth-order valence-corrected chi connectivity index (χ4v) is 4.89. The number of rotatable bonds is 11. The van der Waals surface area contributed by atoms with Crippen LogP contribution in [0.4, 0.5) is 4.79 Å². The fourth-order valence-electron chi connectivity index (χ4n) is 4.89. The van der Waals surface area contributed by atoms with Crippen molar-refractivity contribution >= 4 is 18.0 Å². The molecular formula is C28H44N2O6. The average molecular weight is 505 g/mol. The third-order valence-corrected chi connectivity index (χ3v) is 6.62. The van der Waals surface area contributed by atoms with Crippen LogP contribution in [-0.4, -0.2) is 70.4 Å². The number of carbonyl (C=O) groups excluding carboxylic acids is 2. The first-order valence-electron chi connectivity index (χ1n) is 12.9. The first-order valence-corrected chi connectivity index (χ1v) is 12.9. The predicted molar refractivity (Wildman–Crippen MR) is 138 cm³/mol. The maximum Gasteiger partial charge on any atom is 0.411 e. The molecule has 1 heterocycles. The maximum absolute atomic E-state index is 13.3. The number of benzene rings is 1. The second kappa shape index (κ2) is 13.1. The molecule has 1 saturated heterocycles. The van der Waals surface area contributed by atoms with Crippen molar-refractivity contribution in [2.45, 2.75) is 97.4 Å². The monoisotopic (exact) mass is 504 g/mol. The SMILES string of the molecule is COC(=O)[C@H](C)CCC[C@@H]1[C@H](Cc2ccccc2)N(C(=O)OC(C)(C)C)CN1[C@@H](CC(C)C)C(=O)O. The van der Waals surface area contributed by atoms with Crippen molar-refractivity contribution in [2.24, 2.45) is 11.8 Å². The highest BCUT2D eigenvalue weighted by molar-refractivity contribution is 5.74. The lowest BCUT2D eigenvalue weighted by molar-refractivity contribution is -0.145. The third kappa shape index (κ3) is 8.50. The zero-order valence-corrected chi connectivity index (χ0v) is 22.9. The Bertz CT molecular complexity index is 867. The minimum atomic E-state index is -0.888. The number of hydrogen-bond donors (Lipinski definition) is 1. The molecule has 202 valence electrons. The standard InChI is InChI=1S/C28H44N2O6/c1-19(2)16-24(25(31)32)29-18-30(27(34)36-28(4,5)6)23(17-21-13-9-8-10-14-21)22(29)15-11-12-20(3)26(33)35-7/h8-10,13-14,19-20,22-24H,11-12,15-18H2,1-7H3,(H,31,32)/t20-,22-,23+,24+/m1/s1. The molecule has 2 rings (SSSR count). The van der Waals surface area contributed by atoms with Gasteiger partial charge in [-0.05, 0) is 57.9 Å². The molecule has 1 aliphatic heterocycles. The lowest BCUT2D eigenvalue weighted by atomic mass is 9.92. The molecule has 0 radical (unpaired) electrons. The van der Waals surface area contributed by atoms with E-state index in [0.717, 1.165) is 5.56 Å². The second-order valence-corrected chi connectivity index (χ2v) is 11.3. The summed E-state index contributed by atoms with van der Waals surface area (Å²) in [6.45, 7) is 11.5. The van der Waals surface area contributed by atoms with E-state index >= 15 is 0 Å². The van der Waals surface area contributed by atoms with Crippen molar-refractivity contribution in [3.63, 3.8) is 0 Å². The van der Waals surface area contributed by atoms with Gasteiger partial charge in [-0.25, -0.2) is 4.79 Å². The zero-order valence-electron chi connectivity index (χ0n) is 22.9. The van der Waals surface area contributed by atoms with E-state index in [4.69, 9.17) is 9.47 Å². The number of hydrogen-bond acceptors (Lipinski definition) is 6. The highest BCUT2D eigenvalue weighted by atomic mass is 16.6. The number of carboxylic acid groups (broad SMARTS) is 1. The molecule has 0 unspecified atom stereocenters. The molecule has 0 aromatic heterocycles. The van der Waals surface area contributed by atoms with E-state index in [2.05, 4.69) is 0 Å². The molecule has 36 heavy (non-hydrogen) atoms. The molecule has 0 spiro atoms. The Balaban J connectivity index is 2.42. The molecule has 1 amide bonds. The number of carboxylic acids is 1. The van der Waals surface area contributed by atoms with Crippen LogP contribution in [0.5, 0.6) is 0 Å². The molecule has 0 bridgehead atoms. The Morgan fingerprint density at radius 1 is 1.08 bits per heavy atom. The lowest BCUT2D eigenvalue weighted by Gasteiger charge is -2.32. The summed E-state index contributed by atoms with van der Waals surface area (Å²) in [5, 5.41) is 10.2. The van der Waals surface area contributed by atoms with Crippen LogP contribution in [0, 0.1) is 11.8 Å². The molecule has 1 N–H and O–H groups in total. The summed E-state index contributed by atoms with van der Waals surface area (Å²) in [6, 6.07) is 8.75. The van der Waals surface area contributed by atoms with Gasteiger partial charge in [-0.2, -0.15) is 0 Å². The summed E-state index contributed by atoms with van der Waals surface area (Å²) in [5.74, 6) is -1.21. The van der Waals surface area contributed by atoms with Crippen molar-refractivity contribution < 1.29 is 29.0 Å². The largest absolute Gasteiger partial charge is 0.480 e. The number of ether oxygens (including phenoxy) is 2. The van der Waals surface area contributed by atoms with E-state index < -0.39 is 23.7 Å². The van der Waals surface area contributed by atoms with Gasteiger partial charge in [0.25, 0.3) is 0 Å². The van der Waals surface area contributed by atoms with Gasteiger partial charge in [0.1, 0.15) is 11.6 Å². The van der Waals surface area contributed by atoms with Gasteiger partial charge in [0.2, 0.25) is 0 Å². The summed E-state index contributed by atoms with van der Waals surface area (Å²) in [6.07, 6.45) is 2.61. The molecule has 4 atom stereocenters. The minimum absolute atomic E-state index is 0.175. The van der Waals surface area contributed by atoms with Gasteiger partial charge in [0.05, 0.1) is 25.7 Å². The van der Waals surface area contributed by atoms with E-state index in [0.29, 0.717) is 32.1 Å². The molecule has 1 aromatic rings. The van der Waals surface area contributed by atoms with Crippen LogP contribution in [0.1, 0.15) is 72.8 Å². The van der Waals surface area contributed by atoms with Crippen molar-refractivity contribution in [2.75, 3.05) is 13.8 Å². The van der Waals surface area contributed by atoms with Gasteiger partial charge in [-0.15, -0.1) is 0 Å². The quantitative estimate of drug-likeness (QED) is 0.426. The van der Waals surface area contributed by atoms with E-state index in [1.807, 2.05) is 76.8 Å². The van der Waals surface area contributed by atoms with E-state index in [-0.39, 0.29) is 36.6 Å². The first-order chi connectivity index (χ1) is 16.8. The van der Waals surface area contributed by atoms with Gasteiger partial charge in [-0.1, -0.05) is 57.5 Å². The van der Waals surface area contributed by atoms with Crippen LogP contribution < -0.4 is 0 Å². The summed E-state index contributed by atoms with van der Waals surface area (Å²) in [7, 11) is 1.38. The molecule has 0 saturated carbocycles. The summed E-state index contributed by atoms with van der Waals surface area (Å²) in [5.41, 5.74) is 0.402. The summed E-state index contributed by atoms with van der Waals surface area (Å²) in [4.78, 5) is 41.3. The minimum Gasteiger partial charge on any atom is -0.480 e. The molecule has 1 aromatic carbocycles. The van der Waals surface area contributed by atoms with E-state index in [1.54, 1.807) is 4.90 Å². The van der Waals surface area contributed by atoms with Gasteiger partial charge in [-0.3, -0.25) is 19.4 Å². The Morgan fingerprint density at radius 3 is 2.25 bits per heavy atom. The molecule has 8 nitrogen and oxygen atoms in total. The van der Waals surface area contributed by atoms with Crippen molar-refractivity contribution in [3.8, 4) is 0 Å². The number of nitrogens with zero attached hydrogens (tertiary/aromatic N) is 2. The molecule has 0 aliphatic carbocycles. The second-order valence-electron chi connectivity index (χ2n) is 11.3. The normalized spacial score (nSPS) is 20.3. The van der Waals surface area contributed by atoms with Crippen molar-refractivity contribution in [1.29, 1.82) is 0 Å². The third-order valence-electron chi connectivity index (χ3n) is 6.62. The smallest absolute Gasteiger partial charge is 0.411 e. The van der Waals surface area contributed by atoms with Crippen LogP contribution in [0.3, 0.4) is 0 Å². The Morgan fingerprint density at radius 2 is 1.72 bits per heavy atom. The topological polar surface area (TPSA) is 96.4 Å². The van der Waals surface area contributed by atoms with Gasteiger partial charge in [0.15, 0.2) is 0 Å². The first kappa shape index (κ1) is 29.6. The van der Waals surface area contributed by atoms with Crippen LogP contribution in [-0.2, 0) is 25.5 Å². The number of aliphatic carboxylic acids is 1. The molecule has 8 heteroatoms. The number of methoxy groups -OCH3 is 1. The van der Waals surface area contributed by atoms with E-state index in [9.17, 15) is 19.5 Å². The van der Waals surface area contributed by atoms with Crippen LogP contribution in [0.2, 0.25) is 0 Å². The van der Waals surface area contributed by atoms with Crippen LogP contribution in [0.15, 0.2) is 30.3 Å². The van der Waals surface area contributed by atoms with Crippen LogP contribution in [0.25, 0.3) is 0 Å². The van der Waals surface area contributed by atoms with Crippen LogP contribution >= 0.6 is 0 Å². The van der Waals surface area contributed by atoms with Crippen molar-refractivity contribution in [1.82, 2.24) is 9.80 Å². The Kier molecular flexibility index (Phi) is 10.8. The average Bonchev–Trinajstić information content (AvgIpc) is 3.14. The highest BCUT2D eigenvalue weighted by Crippen LogP contribution is 2.33. The van der Waals surface area contributed by atoms with Gasteiger partial charge < -0.3 is 14.6 Å². The molecular weight excluding hydrogens is 460 g/mol. The summed E-state index contributed by atoms with van der Waals surface area (Å²) >= 11 is 0. The lowest BCUT2D eigenvalue weighted by Crippen LogP contribution is -2.47. The Hall–Kier alpha value is -2.61. The molecule has 1 aliphatic rings. The number of esters is 1. The summed E-state index contributed by atoms with van der Waals surface area (Å²) < 4.78 is 10.6. The fraction of sp³-hybridized carbons (Fsp3) is 0.679. The number of amides is 1. The van der Waals surface area contributed by atoms with Gasteiger partial charge >= 0.3 is 18.0 Å². The van der Waals surface area contributed by atoms with Crippen molar-refractivity contribution in [3.05, 3.63) is 35.9 Å². The molecule has 1 fully saturated rings. The van der Waals surface area contributed by atoms with E-state index in [1.165, 1.54) is 7.11 Å². The predicted octanol–water partition coefficient (Wildman–Crippen LogP) is 4.96. The Labute approximate surface area is 215 Å². The number of carbonyl (C=O) groups is 3. The maximum atomic E-state index is 13.3. The highest BCUT2D eigenvalue weighted by Gasteiger charge is 2.47. The zero-order chi connectivity index (χ0) is 27.0.